The van der Waals surface area contributed by atoms with E-state index in [1.807, 2.05) is 13.8 Å². The zero-order valence-electron chi connectivity index (χ0n) is 7.59. The van der Waals surface area contributed by atoms with Crippen molar-refractivity contribution >= 4 is 11.6 Å². The molecule has 0 aromatic carbocycles. The molecule has 2 saturated carbocycles. The molecule has 0 saturated heterocycles. The van der Waals surface area contributed by atoms with Crippen LogP contribution in [0.15, 0.2) is 0 Å². The van der Waals surface area contributed by atoms with Crippen LogP contribution in [0.3, 0.4) is 0 Å². The highest BCUT2D eigenvalue weighted by Gasteiger charge is 2.51. The van der Waals surface area contributed by atoms with Crippen molar-refractivity contribution in [1.29, 1.82) is 0 Å². The van der Waals surface area contributed by atoms with E-state index in [2.05, 4.69) is 0 Å². The highest BCUT2D eigenvalue weighted by atomic mass is 16.2. The summed E-state index contributed by atoms with van der Waals surface area (Å²) in [5.41, 5.74) is -0.371. The van der Waals surface area contributed by atoms with E-state index in [4.69, 9.17) is 0 Å². The topological polar surface area (TPSA) is 34.1 Å². The zero-order chi connectivity index (χ0) is 8.93. The Morgan fingerprint density at radius 3 is 2.58 bits per heavy atom. The predicted molar refractivity (Wildman–Crippen MR) is 44.6 cm³/mol. The monoisotopic (exact) mass is 166 g/mol. The molecule has 0 amide bonds. The molecule has 2 rings (SSSR count). The fraction of sp³-hybridized carbons (Fsp3) is 0.800. The Labute approximate surface area is 72.3 Å². The van der Waals surface area contributed by atoms with Crippen LogP contribution in [-0.4, -0.2) is 11.6 Å². The summed E-state index contributed by atoms with van der Waals surface area (Å²) in [4.78, 5) is 23.0. The van der Waals surface area contributed by atoms with Gasteiger partial charge in [-0.25, -0.2) is 0 Å². The summed E-state index contributed by atoms with van der Waals surface area (Å²) in [7, 11) is 0. The van der Waals surface area contributed by atoms with Gasteiger partial charge in [0.05, 0.1) is 0 Å². The van der Waals surface area contributed by atoms with E-state index in [0.29, 0.717) is 5.92 Å². The first kappa shape index (κ1) is 7.96. The van der Waals surface area contributed by atoms with Gasteiger partial charge < -0.3 is 0 Å². The Hall–Kier alpha value is -0.660. The van der Waals surface area contributed by atoms with Crippen LogP contribution in [0, 0.1) is 17.3 Å². The third kappa shape index (κ3) is 0.809. The van der Waals surface area contributed by atoms with Gasteiger partial charge in [-0.1, -0.05) is 13.8 Å². The van der Waals surface area contributed by atoms with Gasteiger partial charge in [0.25, 0.3) is 0 Å². The van der Waals surface area contributed by atoms with Crippen molar-refractivity contribution in [3.63, 3.8) is 0 Å². The first-order chi connectivity index (χ1) is 5.53. The van der Waals surface area contributed by atoms with Gasteiger partial charge in [-0.3, -0.25) is 9.59 Å². The maximum atomic E-state index is 11.6. The maximum Gasteiger partial charge on any atom is 0.204 e. The summed E-state index contributed by atoms with van der Waals surface area (Å²) >= 11 is 0. The van der Waals surface area contributed by atoms with E-state index in [1.165, 1.54) is 0 Å². The lowest BCUT2D eigenvalue weighted by Crippen LogP contribution is -2.42. The number of carbonyl (C=O) groups excluding carboxylic acids is 2. The van der Waals surface area contributed by atoms with E-state index in [9.17, 15) is 9.59 Å². The van der Waals surface area contributed by atoms with Crippen molar-refractivity contribution in [3.05, 3.63) is 0 Å². The molecule has 2 unspecified atom stereocenters. The van der Waals surface area contributed by atoms with Crippen molar-refractivity contribution in [1.82, 2.24) is 0 Å². The molecule has 12 heavy (non-hydrogen) atoms. The molecule has 2 fully saturated rings. The minimum atomic E-state index is -0.371. The van der Waals surface area contributed by atoms with Gasteiger partial charge in [0.1, 0.15) is 0 Å². The van der Waals surface area contributed by atoms with E-state index in [-0.39, 0.29) is 22.9 Å². The zero-order valence-corrected chi connectivity index (χ0v) is 7.59. The van der Waals surface area contributed by atoms with E-state index in [0.717, 1.165) is 19.3 Å². The second-order valence-electron chi connectivity index (χ2n) is 4.62. The van der Waals surface area contributed by atoms with Gasteiger partial charge in [-0.15, -0.1) is 0 Å². The van der Waals surface area contributed by atoms with Crippen molar-refractivity contribution < 1.29 is 9.59 Å². The van der Waals surface area contributed by atoms with E-state index >= 15 is 0 Å². The van der Waals surface area contributed by atoms with Gasteiger partial charge in [0.15, 0.2) is 0 Å². The van der Waals surface area contributed by atoms with Crippen LogP contribution in [-0.2, 0) is 9.59 Å². The van der Waals surface area contributed by atoms with Crippen LogP contribution in [0.1, 0.15) is 33.1 Å². The summed E-state index contributed by atoms with van der Waals surface area (Å²) in [6.07, 6.45) is 2.96. The van der Waals surface area contributed by atoms with Crippen LogP contribution in [0.5, 0.6) is 0 Å². The largest absolute Gasteiger partial charge is 0.291 e. The SMILES string of the molecule is CC1(C)C(=O)C(=O)C2CCC1C2. The Balaban J connectivity index is 2.39. The summed E-state index contributed by atoms with van der Waals surface area (Å²) in [6, 6.07) is 0. The normalized spacial score (nSPS) is 38.8. The quantitative estimate of drug-likeness (QED) is 0.512. The smallest absolute Gasteiger partial charge is 0.204 e. The molecular formula is C10H14O2. The van der Waals surface area contributed by atoms with Crippen molar-refractivity contribution in [2.45, 2.75) is 33.1 Å². The van der Waals surface area contributed by atoms with Gasteiger partial charge >= 0.3 is 0 Å². The second-order valence-corrected chi connectivity index (χ2v) is 4.62. The Morgan fingerprint density at radius 2 is 1.92 bits per heavy atom. The maximum absolute atomic E-state index is 11.6. The molecule has 0 heterocycles. The summed E-state index contributed by atoms with van der Waals surface area (Å²) in [5, 5.41) is 0. The molecule has 66 valence electrons. The number of hydrogen-bond acceptors (Lipinski definition) is 2. The molecule has 0 aromatic heterocycles. The average molecular weight is 166 g/mol. The molecule has 0 N–H and O–H groups in total. The van der Waals surface area contributed by atoms with Crippen molar-refractivity contribution in [2.24, 2.45) is 17.3 Å². The van der Waals surface area contributed by atoms with Gasteiger partial charge in [0, 0.05) is 11.3 Å². The Morgan fingerprint density at radius 1 is 1.25 bits per heavy atom. The summed E-state index contributed by atoms with van der Waals surface area (Å²) in [5.74, 6) is 0.318. The van der Waals surface area contributed by atoms with E-state index in [1.54, 1.807) is 0 Å². The first-order valence-corrected chi connectivity index (χ1v) is 4.62. The molecule has 0 aliphatic heterocycles. The Kier molecular flexibility index (Phi) is 1.45. The molecule has 2 bridgehead atoms. The van der Waals surface area contributed by atoms with Crippen LogP contribution in [0.25, 0.3) is 0 Å². The Bertz CT molecular complexity index is 253. The standard InChI is InChI=1S/C10H14O2/c1-10(2)7-4-3-6(5-7)8(11)9(10)12/h6-7H,3-5H2,1-2H3. The lowest BCUT2D eigenvalue weighted by atomic mass is 9.68. The molecule has 2 heteroatoms. The van der Waals surface area contributed by atoms with Crippen LogP contribution in [0.2, 0.25) is 0 Å². The molecular weight excluding hydrogens is 152 g/mol. The highest BCUT2D eigenvalue weighted by Crippen LogP contribution is 2.48. The molecule has 2 aliphatic rings. The number of ketones is 2. The van der Waals surface area contributed by atoms with E-state index < -0.39 is 0 Å². The lowest BCUT2D eigenvalue weighted by Gasteiger charge is -2.33. The molecule has 0 spiro atoms. The van der Waals surface area contributed by atoms with Crippen LogP contribution < -0.4 is 0 Å². The number of hydrogen-bond donors (Lipinski definition) is 0. The number of rotatable bonds is 0. The second kappa shape index (κ2) is 2.18. The molecule has 2 atom stereocenters. The van der Waals surface area contributed by atoms with Crippen molar-refractivity contribution in [2.75, 3.05) is 0 Å². The number of carbonyl (C=O) groups is 2. The van der Waals surface area contributed by atoms with Gasteiger partial charge in [-0.2, -0.15) is 0 Å². The molecule has 2 aliphatic carbocycles. The lowest BCUT2D eigenvalue weighted by molar-refractivity contribution is -0.147. The van der Waals surface area contributed by atoms with Crippen molar-refractivity contribution in [3.8, 4) is 0 Å². The summed E-state index contributed by atoms with van der Waals surface area (Å²) < 4.78 is 0. The fourth-order valence-electron chi connectivity index (χ4n) is 2.56. The third-order valence-electron chi connectivity index (χ3n) is 3.63. The van der Waals surface area contributed by atoms with Gasteiger partial charge in [0.2, 0.25) is 11.6 Å². The molecule has 0 radical (unpaired) electrons. The highest BCUT2D eigenvalue weighted by molar-refractivity contribution is 6.40. The average Bonchev–Trinajstić information content (AvgIpc) is 2.46. The van der Waals surface area contributed by atoms with Crippen LogP contribution >= 0.6 is 0 Å². The molecule has 2 nitrogen and oxygen atoms in total. The minimum absolute atomic E-state index is 0.0792. The molecule has 0 aromatic rings. The predicted octanol–water partition coefficient (Wildman–Crippen LogP) is 1.58. The first-order valence-electron chi connectivity index (χ1n) is 4.62. The van der Waals surface area contributed by atoms with Gasteiger partial charge in [-0.05, 0) is 25.2 Å². The fourth-order valence-corrected chi connectivity index (χ4v) is 2.56. The number of Topliss-reactive ketones (excluding diaryl/α,β-unsaturated/α-hetero) is 2. The third-order valence-corrected chi connectivity index (χ3v) is 3.63. The summed E-state index contributed by atoms with van der Waals surface area (Å²) in [6.45, 7) is 3.83. The van der Waals surface area contributed by atoms with Crippen LogP contribution in [0.4, 0.5) is 0 Å². The minimum Gasteiger partial charge on any atom is -0.291 e. The number of fused-ring (bicyclic) bond motifs is 2.